The van der Waals surface area contributed by atoms with E-state index in [1.807, 2.05) is 0 Å². The van der Waals surface area contributed by atoms with Gasteiger partial charge in [-0.2, -0.15) is 0 Å². The molecule has 0 radical (unpaired) electrons. The summed E-state index contributed by atoms with van der Waals surface area (Å²) in [7, 11) is 0. The summed E-state index contributed by atoms with van der Waals surface area (Å²) >= 11 is 3.57. The second-order valence-electron chi connectivity index (χ2n) is 6.42. The minimum absolute atomic E-state index is 0.132. The lowest BCUT2D eigenvalue weighted by Gasteiger charge is -2.27. The van der Waals surface area contributed by atoms with Crippen LogP contribution < -0.4 is 10.5 Å². The van der Waals surface area contributed by atoms with Crippen molar-refractivity contribution in [2.45, 2.75) is 57.1 Å². The van der Waals surface area contributed by atoms with Gasteiger partial charge < -0.3 is 15.2 Å². The van der Waals surface area contributed by atoms with Crippen LogP contribution in [0.2, 0.25) is 0 Å². The first-order valence-corrected chi connectivity index (χ1v) is 8.76. The molecular formula is C17H24BrNO2. The van der Waals surface area contributed by atoms with Crippen LogP contribution >= 0.6 is 15.9 Å². The molecule has 2 aliphatic rings. The van der Waals surface area contributed by atoms with Crippen molar-refractivity contribution < 1.29 is 9.47 Å². The van der Waals surface area contributed by atoms with Crippen LogP contribution in [0.3, 0.4) is 0 Å². The molecule has 21 heavy (non-hydrogen) atoms. The van der Waals surface area contributed by atoms with Crippen LogP contribution in [0.5, 0.6) is 5.75 Å². The molecule has 1 aromatic rings. The molecule has 0 spiro atoms. The fraction of sp³-hybridized carbons (Fsp3) is 0.647. The summed E-state index contributed by atoms with van der Waals surface area (Å²) in [5.74, 6) is 1.02. The Bertz CT molecular complexity index is 496. The molecule has 0 atom stereocenters. The molecule has 1 aliphatic carbocycles. The van der Waals surface area contributed by atoms with Crippen LogP contribution in [0.25, 0.3) is 0 Å². The van der Waals surface area contributed by atoms with Crippen molar-refractivity contribution in [3.8, 4) is 5.75 Å². The number of rotatable bonds is 4. The van der Waals surface area contributed by atoms with Gasteiger partial charge in [-0.3, -0.25) is 0 Å². The summed E-state index contributed by atoms with van der Waals surface area (Å²) in [6, 6.07) is 4.24. The third-order valence-corrected chi connectivity index (χ3v) is 5.03. The highest BCUT2D eigenvalue weighted by atomic mass is 79.9. The summed E-state index contributed by atoms with van der Waals surface area (Å²) in [5.41, 5.74) is 8.78. The van der Waals surface area contributed by atoms with E-state index in [9.17, 15) is 0 Å². The summed E-state index contributed by atoms with van der Waals surface area (Å²) < 4.78 is 12.8. The van der Waals surface area contributed by atoms with E-state index in [1.54, 1.807) is 0 Å². The van der Waals surface area contributed by atoms with E-state index in [0.29, 0.717) is 13.2 Å². The van der Waals surface area contributed by atoms with Crippen molar-refractivity contribution in [3.63, 3.8) is 0 Å². The molecule has 4 heteroatoms. The average molecular weight is 354 g/mol. The lowest BCUT2D eigenvalue weighted by Crippen LogP contribution is -2.43. The molecule has 0 unspecified atom stereocenters. The SMILES string of the molecule is NC1(COCc2cc(Br)cc3c2OCC3)CCCCCC1. The lowest BCUT2D eigenvalue weighted by molar-refractivity contribution is 0.0655. The van der Waals surface area contributed by atoms with Crippen molar-refractivity contribution in [1.29, 1.82) is 0 Å². The Morgan fingerprint density at radius 3 is 2.71 bits per heavy atom. The Morgan fingerprint density at radius 2 is 1.95 bits per heavy atom. The monoisotopic (exact) mass is 353 g/mol. The van der Waals surface area contributed by atoms with E-state index >= 15 is 0 Å². The third-order valence-electron chi connectivity index (χ3n) is 4.57. The van der Waals surface area contributed by atoms with E-state index < -0.39 is 0 Å². The Labute approximate surface area is 135 Å². The first kappa shape index (κ1) is 15.3. The van der Waals surface area contributed by atoms with Crippen LogP contribution in [0.4, 0.5) is 0 Å². The van der Waals surface area contributed by atoms with Crippen molar-refractivity contribution in [2.75, 3.05) is 13.2 Å². The maximum Gasteiger partial charge on any atom is 0.128 e. The highest BCUT2D eigenvalue weighted by Gasteiger charge is 2.27. The number of benzene rings is 1. The van der Waals surface area contributed by atoms with Crippen LogP contribution in [0.15, 0.2) is 16.6 Å². The second kappa shape index (κ2) is 6.67. The van der Waals surface area contributed by atoms with Crippen LogP contribution in [-0.2, 0) is 17.8 Å². The number of halogens is 1. The van der Waals surface area contributed by atoms with Gasteiger partial charge in [0.25, 0.3) is 0 Å². The van der Waals surface area contributed by atoms with Crippen molar-refractivity contribution in [3.05, 3.63) is 27.7 Å². The zero-order valence-corrected chi connectivity index (χ0v) is 14.1. The van der Waals surface area contributed by atoms with Gasteiger partial charge in [0.15, 0.2) is 0 Å². The van der Waals surface area contributed by atoms with Gasteiger partial charge in [0.2, 0.25) is 0 Å². The highest BCUT2D eigenvalue weighted by Crippen LogP contribution is 2.34. The summed E-state index contributed by atoms with van der Waals surface area (Å²) in [6.45, 7) is 2.01. The highest BCUT2D eigenvalue weighted by molar-refractivity contribution is 9.10. The number of ether oxygens (including phenoxy) is 2. The fourth-order valence-corrected chi connectivity index (χ4v) is 3.95. The van der Waals surface area contributed by atoms with E-state index in [2.05, 4.69) is 28.1 Å². The summed E-state index contributed by atoms with van der Waals surface area (Å²) in [5, 5.41) is 0. The average Bonchev–Trinajstić information content (AvgIpc) is 2.80. The Kier molecular flexibility index (Phi) is 4.87. The van der Waals surface area contributed by atoms with Gasteiger partial charge in [-0.25, -0.2) is 0 Å². The molecule has 116 valence electrons. The Morgan fingerprint density at radius 1 is 1.19 bits per heavy atom. The molecule has 0 amide bonds. The predicted octanol–water partition coefficient (Wildman–Crippen LogP) is 3.95. The molecule has 0 saturated heterocycles. The maximum absolute atomic E-state index is 6.50. The predicted molar refractivity (Wildman–Crippen MR) is 87.6 cm³/mol. The fourth-order valence-electron chi connectivity index (χ4n) is 3.39. The van der Waals surface area contributed by atoms with Crippen LogP contribution in [-0.4, -0.2) is 18.8 Å². The van der Waals surface area contributed by atoms with Crippen molar-refractivity contribution >= 4 is 15.9 Å². The standard InChI is InChI=1S/C17H24BrNO2/c18-15-9-13-5-8-21-16(13)14(10-15)11-20-12-17(19)6-3-1-2-4-7-17/h9-10H,1-8,11-12,19H2. The van der Waals surface area contributed by atoms with E-state index in [-0.39, 0.29) is 5.54 Å². The normalized spacial score (nSPS) is 20.7. The topological polar surface area (TPSA) is 44.5 Å². The minimum Gasteiger partial charge on any atom is -0.493 e. The molecule has 1 aromatic carbocycles. The molecular weight excluding hydrogens is 330 g/mol. The van der Waals surface area contributed by atoms with Gasteiger partial charge in [0.05, 0.1) is 19.8 Å². The Hall–Kier alpha value is -0.580. The smallest absolute Gasteiger partial charge is 0.128 e. The lowest BCUT2D eigenvalue weighted by atomic mass is 9.92. The first-order chi connectivity index (χ1) is 10.2. The number of fused-ring (bicyclic) bond motifs is 1. The van der Waals surface area contributed by atoms with Crippen LogP contribution in [0, 0.1) is 0 Å². The zero-order valence-electron chi connectivity index (χ0n) is 12.5. The number of hydrogen-bond donors (Lipinski definition) is 1. The van der Waals surface area contributed by atoms with E-state index in [1.165, 1.54) is 31.2 Å². The van der Waals surface area contributed by atoms with E-state index in [4.69, 9.17) is 15.2 Å². The molecule has 3 nitrogen and oxygen atoms in total. The molecule has 2 N–H and O–H groups in total. The van der Waals surface area contributed by atoms with Crippen LogP contribution in [0.1, 0.15) is 49.7 Å². The van der Waals surface area contributed by atoms with Gasteiger partial charge in [-0.05, 0) is 30.5 Å². The van der Waals surface area contributed by atoms with Gasteiger partial charge in [-0.15, -0.1) is 0 Å². The summed E-state index contributed by atoms with van der Waals surface area (Å²) in [6.07, 6.45) is 8.24. The number of hydrogen-bond acceptors (Lipinski definition) is 3. The van der Waals surface area contributed by atoms with Gasteiger partial charge in [0.1, 0.15) is 5.75 Å². The van der Waals surface area contributed by atoms with E-state index in [0.717, 1.165) is 41.7 Å². The maximum atomic E-state index is 6.50. The molecule has 1 aliphatic heterocycles. The van der Waals surface area contributed by atoms with Gasteiger partial charge >= 0.3 is 0 Å². The van der Waals surface area contributed by atoms with Gasteiger partial charge in [0, 0.05) is 22.0 Å². The second-order valence-corrected chi connectivity index (χ2v) is 7.34. The molecule has 1 heterocycles. The largest absolute Gasteiger partial charge is 0.493 e. The van der Waals surface area contributed by atoms with Crippen molar-refractivity contribution in [2.24, 2.45) is 5.73 Å². The molecule has 3 rings (SSSR count). The molecule has 1 saturated carbocycles. The van der Waals surface area contributed by atoms with Crippen molar-refractivity contribution in [1.82, 2.24) is 0 Å². The minimum atomic E-state index is -0.132. The first-order valence-electron chi connectivity index (χ1n) is 7.97. The quantitative estimate of drug-likeness (QED) is 0.833. The zero-order chi connectivity index (χ0) is 14.7. The Balaban J connectivity index is 1.60. The van der Waals surface area contributed by atoms with Gasteiger partial charge in [-0.1, -0.05) is 41.6 Å². The number of nitrogens with two attached hydrogens (primary N) is 1. The molecule has 0 aromatic heterocycles. The molecule has 0 bridgehead atoms. The third kappa shape index (κ3) is 3.79. The molecule has 1 fully saturated rings. The summed E-state index contributed by atoms with van der Waals surface area (Å²) in [4.78, 5) is 0.